The summed E-state index contributed by atoms with van der Waals surface area (Å²) >= 11 is 0. The molecular formula is C23H18F2N6. The van der Waals surface area contributed by atoms with Crippen LogP contribution in [0.25, 0.3) is 22.2 Å². The summed E-state index contributed by atoms with van der Waals surface area (Å²) in [5.41, 5.74) is 3.97. The van der Waals surface area contributed by atoms with Gasteiger partial charge in [0.25, 0.3) is 0 Å². The lowest BCUT2D eigenvalue weighted by molar-refractivity contribution is 0.574. The van der Waals surface area contributed by atoms with Crippen LogP contribution in [-0.4, -0.2) is 25.2 Å². The molecule has 0 aliphatic heterocycles. The summed E-state index contributed by atoms with van der Waals surface area (Å²) in [4.78, 5) is 0. The number of nitrogens with one attached hydrogen (secondary N) is 2. The lowest BCUT2D eigenvalue weighted by Gasteiger charge is -2.06. The van der Waals surface area contributed by atoms with Crippen molar-refractivity contribution in [2.75, 3.05) is 5.32 Å². The second kappa shape index (κ2) is 7.98. The van der Waals surface area contributed by atoms with Gasteiger partial charge in [-0.25, -0.2) is 13.5 Å². The highest BCUT2D eigenvalue weighted by molar-refractivity contribution is 5.92. The molecule has 8 heteroatoms. The van der Waals surface area contributed by atoms with Gasteiger partial charge < -0.3 is 5.32 Å². The van der Waals surface area contributed by atoms with E-state index in [9.17, 15) is 8.78 Å². The Morgan fingerprint density at radius 3 is 2.68 bits per heavy atom. The fraction of sp³-hybridized carbons (Fsp3) is 0.0870. The Balaban J connectivity index is 1.37. The van der Waals surface area contributed by atoms with Gasteiger partial charge in [0.2, 0.25) is 0 Å². The molecule has 2 N–H and O–H groups in total. The van der Waals surface area contributed by atoms with E-state index in [-0.39, 0.29) is 6.54 Å². The Kier molecular flexibility index (Phi) is 4.87. The van der Waals surface area contributed by atoms with Crippen LogP contribution in [0, 0.1) is 11.6 Å². The predicted molar refractivity (Wildman–Crippen MR) is 114 cm³/mol. The van der Waals surface area contributed by atoms with Crippen molar-refractivity contribution in [3.63, 3.8) is 0 Å². The van der Waals surface area contributed by atoms with Crippen molar-refractivity contribution in [2.24, 2.45) is 0 Å². The van der Waals surface area contributed by atoms with Crippen LogP contribution >= 0.6 is 0 Å². The highest BCUT2D eigenvalue weighted by Crippen LogP contribution is 2.27. The average molecular weight is 416 g/mol. The summed E-state index contributed by atoms with van der Waals surface area (Å²) in [5, 5.41) is 19.7. The number of aromatic amines is 1. The van der Waals surface area contributed by atoms with E-state index in [4.69, 9.17) is 0 Å². The molecule has 0 saturated carbocycles. The van der Waals surface area contributed by atoms with Gasteiger partial charge in [0.15, 0.2) is 5.82 Å². The van der Waals surface area contributed by atoms with E-state index in [1.165, 1.54) is 12.1 Å². The molecule has 2 aromatic heterocycles. The van der Waals surface area contributed by atoms with E-state index in [2.05, 4.69) is 25.8 Å². The first-order chi connectivity index (χ1) is 15.2. The summed E-state index contributed by atoms with van der Waals surface area (Å²) in [5.74, 6) is -0.614. The lowest BCUT2D eigenvalue weighted by Crippen LogP contribution is -2.02. The minimum absolute atomic E-state index is 0.184. The highest BCUT2D eigenvalue weighted by atomic mass is 19.1. The zero-order chi connectivity index (χ0) is 21.2. The maximum Gasteiger partial charge on any atom is 0.156 e. The highest BCUT2D eigenvalue weighted by Gasteiger charge is 2.11. The van der Waals surface area contributed by atoms with E-state index in [0.29, 0.717) is 17.9 Å². The SMILES string of the molecule is Fc1ccc(CNc2n[nH]c3ccc(-c4cn(Cc5ccccc5)nn4)cc23)c(F)c1. The molecule has 0 aliphatic rings. The molecule has 0 atom stereocenters. The topological polar surface area (TPSA) is 71.4 Å². The molecule has 0 fully saturated rings. The molecule has 0 amide bonds. The Morgan fingerprint density at radius 2 is 1.84 bits per heavy atom. The van der Waals surface area contributed by atoms with Crippen LogP contribution in [-0.2, 0) is 13.1 Å². The van der Waals surface area contributed by atoms with Crippen molar-refractivity contribution in [1.82, 2.24) is 25.2 Å². The van der Waals surface area contributed by atoms with Gasteiger partial charge in [-0.2, -0.15) is 5.10 Å². The number of rotatable bonds is 6. The van der Waals surface area contributed by atoms with Gasteiger partial charge in [-0.05, 0) is 23.8 Å². The summed E-state index contributed by atoms with van der Waals surface area (Å²) in [7, 11) is 0. The zero-order valence-corrected chi connectivity index (χ0v) is 16.4. The van der Waals surface area contributed by atoms with Gasteiger partial charge in [0.1, 0.15) is 17.3 Å². The van der Waals surface area contributed by atoms with Gasteiger partial charge in [-0.3, -0.25) is 5.10 Å². The third-order valence-electron chi connectivity index (χ3n) is 5.05. The number of benzene rings is 3. The van der Waals surface area contributed by atoms with Gasteiger partial charge >= 0.3 is 0 Å². The number of H-pyrrole nitrogens is 1. The van der Waals surface area contributed by atoms with E-state index < -0.39 is 11.6 Å². The average Bonchev–Trinajstić information content (AvgIpc) is 3.40. The molecule has 0 aliphatic carbocycles. The number of hydrogen-bond donors (Lipinski definition) is 2. The van der Waals surface area contributed by atoms with Crippen molar-refractivity contribution in [2.45, 2.75) is 13.1 Å². The van der Waals surface area contributed by atoms with Gasteiger partial charge in [0.05, 0.1) is 18.3 Å². The Labute approximate surface area is 176 Å². The Morgan fingerprint density at radius 1 is 0.968 bits per heavy atom. The van der Waals surface area contributed by atoms with Crippen LogP contribution in [0.2, 0.25) is 0 Å². The lowest BCUT2D eigenvalue weighted by atomic mass is 10.1. The van der Waals surface area contributed by atoms with Crippen molar-refractivity contribution < 1.29 is 8.78 Å². The summed E-state index contributed by atoms with van der Waals surface area (Å²) in [6.07, 6.45) is 1.90. The van der Waals surface area contributed by atoms with Crippen molar-refractivity contribution in [3.8, 4) is 11.3 Å². The number of anilines is 1. The molecule has 0 unspecified atom stereocenters. The largest absolute Gasteiger partial charge is 0.364 e. The summed E-state index contributed by atoms with van der Waals surface area (Å²) in [6, 6.07) is 19.4. The molecule has 0 radical (unpaired) electrons. The van der Waals surface area contributed by atoms with Gasteiger partial charge in [-0.15, -0.1) is 5.10 Å². The maximum atomic E-state index is 13.9. The van der Waals surface area contributed by atoms with Gasteiger partial charge in [-0.1, -0.05) is 47.7 Å². The standard InChI is InChI=1S/C23H18F2N6/c24-18-8-6-17(20(25)11-18)12-26-23-19-10-16(7-9-21(19)27-29-23)22-14-31(30-28-22)13-15-4-2-1-3-5-15/h1-11,14H,12-13H2,(H2,26,27,29). The van der Waals surface area contributed by atoms with Crippen LogP contribution in [0.4, 0.5) is 14.6 Å². The number of hydrogen-bond acceptors (Lipinski definition) is 4. The number of halogens is 2. The van der Waals surface area contributed by atoms with E-state index >= 15 is 0 Å². The van der Waals surface area contributed by atoms with Crippen molar-refractivity contribution in [3.05, 3.63) is 95.7 Å². The molecule has 5 rings (SSSR count). The molecule has 0 saturated heterocycles. The van der Waals surface area contributed by atoms with Gasteiger partial charge in [0, 0.05) is 29.1 Å². The van der Waals surface area contributed by atoms with Crippen LogP contribution < -0.4 is 5.32 Å². The van der Waals surface area contributed by atoms with Crippen molar-refractivity contribution >= 4 is 16.7 Å². The number of aromatic nitrogens is 5. The first kappa shape index (κ1) is 18.9. The first-order valence-electron chi connectivity index (χ1n) is 9.76. The van der Waals surface area contributed by atoms with E-state index in [1.54, 1.807) is 4.68 Å². The normalized spacial score (nSPS) is 11.2. The smallest absolute Gasteiger partial charge is 0.156 e. The maximum absolute atomic E-state index is 13.9. The predicted octanol–water partition coefficient (Wildman–Crippen LogP) is 4.76. The molecule has 3 aromatic carbocycles. The van der Waals surface area contributed by atoms with Crippen LogP contribution in [0.1, 0.15) is 11.1 Å². The third kappa shape index (κ3) is 4.00. The molecule has 2 heterocycles. The second-order valence-electron chi connectivity index (χ2n) is 7.21. The molecule has 0 bridgehead atoms. The number of nitrogens with zero attached hydrogens (tertiary/aromatic N) is 4. The van der Waals surface area contributed by atoms with Crippen LogP contribution in [0.5, 0.6) is 0 Å². The Hall–Kier alpha value is -4.07. The molecule has 31 heavy (non-hydrogen) atoms. The molecule has 0 spiro atoms. The second-order valence-corrected chi connectivity index (χ2v) is 7.21. The van der Waals surface area contributed by atoms with Crippen LogP contribution in [0.15, 0.2) is 72.9 Å². The monoisotopic (exact) mass is 416 g/mol. The quantitative estimate of drug-likeness (QED) is 0.419. The molecule has 154 valence electrons. The fourth-order valence-corrected chi connectivity index (χ4v) is 3.43. The van der Waals surface area contributed by atoms with E-state index in [0.717, 1.165) is 33.8 Å². The van der Waals surface area contributed by atoms with E-state index in [1.807, 2.05) is 54.7 Å². The fourth-order valence-electron chi connectivity index (χ4n) is 3.43. The third-order valence-corrected chi connectivity index (χ3v) is 5.05. The molecule has 6 nitrogen and oxygen atoms in total. The molecular weight excluding hydrogens is 398 g/mol. The first-order valence-corrected chi connectivity index (χ1v) is 9.76. The number of fused-ring (bicyclic) bond motifs is 1. The molecule has 5 aromatic rings. The van der Waals surface area contributed by atoms with Crippen LogP contribution in [0.3, 0.4) is 0 Å². The summed E-state index contributed by atoms with van der Waals surface area (Å²) < 4.78 is 28.8. The minimum atomic E-state index is -0.601. The zero-order valence-electron chi connectivity index (χ0n) is 16.4. The Bertz CT molecular complexity index is 1340. The summed E-state index contributed by atoms with van der Waals surface area (Å²) in [6.45, 7) is 0.821. The van der Waals surface area contributed by atoms with Crippen molar-refractivity contribution in [1.29, 1.82) is 0 Å². The minimum Gasteiger partial charge on any atom is -0.364 e.